The highest BCUT2D eigenvalue weighted by Crippen LogP contribution is 2.31. The lowest BCUT2D eigenvalue weighted by molar-refractivity contribution is 0.194. The molecule has 0 aromatic rings. The van der Waals surface area contributed by atoms with Crippen molar-refractivity contribution in [2.75, 3.05) is 19.6 Å². The Bertz CT molecular complexity index is 168. The first-order valence-electron chi connectivity index (χ1n) is 7.11. The first-order chi connectivity index (χ1) is 7.38. The molecule has 0 N–H and O–H groups in total. The van der Waals surface area contributed by atoms with Gasteiger partial charge in [-0.3, -0.25) is 0 Å². The standard InChI is InChI=1S/C14H27N/c1-2-10-15(12-14-8-9-14)11-13-6-4-3-5-7-13/h13-14H,2-12H2,1H3. The van der Waals surface area contributed by atoms with Gasteiger partial charge in [-0.1, -0.05) is 26.2 Å². The van der Waals surface area contributed by atoms with Crippen LogP contribution in [0.4, 0.5) is 0 Å². The summed E-state index contributed by atoms with van der Waals surface area (Å²) >= 11 is 0. The van der Waals surface area contributed by atoms with Gasteiger partial charge in [0.2, 0.25) is 0 Å². The third-order valence-electron chi connectivity index (χ3n) is 3.99. The van der Waals surface area contributed by atoms with Gasteiger partial charge in [0.05, 0.1) is 0 Å². The molecule has 0 bridgehead atoms. The van der Waals surface area contributed by atoms with E-state index in [1.54, 1.807) is 0 Å². The molecule has 15 heavy (non-hydrogen) atoms. The zero-order valence-corrected chi connectivity index (χ0v) is 10.4. The van der Waals surface area contributed by atoms with Crippen LogP contribution in [0.5, 0.6) is 0 Å². The Balaban J connectivity index is 1.70. The first-order valence-corrected chi connectivity index (χ1v) is 7.11. The largest absolute Gasteiger partial charge is 0.303 e. The highest BCUT2D eigenvalue weighted by atomic mass is 15.1. The van der Waals surface area contributed by atoms with Gasteiger partial charge >= 0.3 is 0 Å². The molecular formula is C14H27N. The molecule has 0 atom stereocenters. The van der Waals surface area contributed by atoms with Crippen LogP contribution in [0.2, 0.25) is 0 Å². The van der Waals surface area contributed by atoms with Gasteiger partial charge < -0.3 is 4.90 Å². The van der Waals surface area contributed by atoms with Crippen LogP contribution in [0.25, 0.3) is 0 Å². The smallest absolute Gasteiger partial charge is 0.000977 e. The summed E-state index contributed by atoms with van der Waals surface area (Å²) in [6, 6.07) is 0. The fraction of sp³-hybridized carbons (Fsp3) is 1.00. The van der Waals surface area contributed by atoms with Crippen LogP contribution in [-0.4, -0.2) is 24.5 Å². The van der Waals surface area contributed by atoms with Crippen LogP contribution < -0.4 is 0 Å². The molecule has 0 aromatic heterocycles. The minimum absolute atomic E-state index is 1.03. The van der Waals surface area contributed by atoms with Crippen molar-refractivity contribution >= 4 is 0 Å². The van der Waals surface area contributed by atoms with Crippen molar-refractivity contribution < 1.29 is 0 Å². The predicted octanol–water partition coefficient (Wildman–Crippen LogP) is 3.69. The van der Waals surface area contributed by atoms with Crippen molar-refractivity contribution in [1.29, 1.82) is 0 Å². The molecule has 2 aliphatic rings. The predicted molar refractivity (Wildman–Crippen MR) is 66.0 cm³/mol. The van der Waals surface area contributed by atoms with Crippen molar-refractivity contribution in [3.63, 3.8) is 0 Å². The normalized spacial score (nSPS) is 23.6. The second kappa shape index (κ2) is 5.89. The van der Waals surface area contributed by atoms with E-state index in [0.717, 1.165) is 11.8 Å². The monoisotopic (exact) mass is 209 g/mol. The molecule has 88 valence electrons. The van der Waals surface area contributed by atoms with Gasteiger partial charge in [0.15, 0.2) is 0 Å². The van der Waals surface area contributed by atoms with Crippen LogP contribution in [-0.2, 0) is 0 Å². The average molecular weight is 209 g/mol. The molecule has 0 radical (unpaired) electrons. The number of rotatable bonds is 6. The fourth-order valence-corrected chi connectivity index (χ4v) is 2.97. The Morgan fingerprint density at radius 1 is 0.867 bits per heavy atom. The third kappa shape index (κ3) is 4.14. The molecule has 0 amide bonds. The molecule has 0 aromatic carbocycles. The Morgan fingerprint density at radius 3 is 2.00 bits per heavy atom. The van der Waals surface area contributed by atoms with E-state index < -0.39 is 0 Å². The van der Waals surface area contributed by atoms with Crippen molar-refractivity contribution in [2.24, 2.45) is 11.8 Å². The lowest BCUT2D eigenvalue weighted by Crippen LogP contribution is -2.33. The van der Waals surface area contributed by atoms with E-state index in [1.165, 1.54) is 71.0 Å². The van der Waals surface area contributed by atoms with Crippen LogP contribution in [0.3, 0.4) is 0 Å². The minimum Gasteiger partial charge on any atom is -0.303 e. The highest BCUT2D eigenvalue weighted by Gasteiger charge is 2.25. The molecule has 1 nitrogen and oxygen atoms in total. The fourth-order valence-electron chi connectivity index (χ4n) is 2.97. The number of hydrogen-bond donors (Lipinski definition) is 0. The van der Waals surface area contributed by atoms with Crippen molar-refractivity contribution in [1.82, 2.24) is 4.90 Å². The van der Waals surface area contributed by atoms with Crippen molar-refractivity contribution in [2.45, 2.75) is 58.3 Å². The Hall–Kier alpha value is -0.0400. The maximum Gasteiger partial charge on any atom is 0.000977 e. The quantitative estimate of drug-likeness (QED) is 0.645. The summed E-state index contributed by atoms with van der Waals surface area (Å²) in [6.07, 6.45) is 11.8. The first kappa shape index (κ1) is 11.4. The molecule has 0 unspecified atom stereocenters. The SMILES string of the molecule is CCCN(CC1CCCCC1)CC1CC1. The van der Waals surface area contributed by atoms with Crippen LogP contribution >= 0.6 is 0 Å². The van der Waals surface area contributed by atoms with Crippen molar-refractivity contribution in [3.05, 3.63) is 0 Å². The molecule has 2 saturated carbocycles. The summed E-state index contributed by atoms with van der Waals surface area (Å²) in [7, 11) is 0. The summed E-state index contributed by atoms with van der Waals surface area (Å²) in [5.41, 5.74) is 0. The Labute approximate surface area is 95.2 Å². The Morgan fingerprint density at radius 2 is 1.47 bits per heavy atom. The summed E-state index contributed by atoms with van der Waals surface area (Å²) in [4.78, 5) is 2.76. The molecular weight excluding hydrogens is 182 g/mol. The van der Waals surface area contributed by atoms with E-state index in [4.69, 9.17) is 0 Å². The lowest BCUT2D eigenvalue weighted by atomic mass is 9.89. The van der Waals surface area contributed by atoms with Gasteiger partial charge in [-0.05, 0) is 50.5 Å². The summed E-state index contributed by atoms with van der Waals surface area (Å²) < 4.78 is 0. The average Bonchev–Trinajstić information content (AvgIpc) is 3.03. The van der Waals surface area contributed by atoms with E-state index in [9.17, 15) is 0 Å². The Kier molecular flexibility index (Phi) is 4.49. The molecule has 2 aliphatic carbocycles. The lowest BCUT2D eigenvalue weighted by Gasteiger charge is -2.29. The topological polar surface area (TPSA) is 3.24 Å². The minimum atomic E-state index is 1.03. The molecule has 0 spiro atoms. The van der Waals surface area contributed by atoms with Crippen LogP contribution in [0, 0.1) is 11.8 Å². The van der Waals surface area contributed by atoms with Gasteiger partial charge in [-0.15, -0.1) is 0 Å². The van der Waals surface area contributed by atoms with Gasteiger partial charge in [0, 0.05) is 13.1 Å². The van der Waals surface area contributed by atoms with E-state index in [-0.39, 0.29) is 0 Å². The highest BCUT2D eigenvalue weighted by molar-refractivity contribution is 4.79. The molecule has 1 heteroatoms. The van der Waals surface area contributed by atoms with Gasteiger partial charge in [-0.25, -0.2) is 0 Å². The third-order valence-corrected chi connectivity index (χ3v) is 3.99. The zero-order valence-electron chi connectivity index (χ0n) is 10.4. The van der Waals surface area contributed by atoms with Gasteiger partial charge in [0.25, 0.3) is 0 Å². The second-order valence-corrected chi connectivity index (χ2v) is 5.71. The summed E-state index contributed by atoms with van der Waals surface area (Å²) in [6.45, 7) is 6.47. The molecule has 0 saturated heterocycles. The molecule has 0 heterocycles. The number of nitrogens with zero attached hydrogens (tertiary/aromatic N) is 1. The van der Waals surface area contributed by atoms with E-state index >= 15 is 0 Å². The summed E-state index contributed by atoms with van der Waals surface area (Å²) in [5, 5.41) is 0. The van der Waals surface area contributed by atoms with Gasteiger partial charge in [0.1, 0.15) is 0 Å². The maximum atomic E-state index is 2.76. The molecule has 2 rings (SSSR count). The molecule has 0 aliphatic heterocycles. The van der Waals surface area contributed by atoms with Crippen molar-refractivity contribution in [3.8, 4) is 0 Å². The number of hydrogen-bond acceptors (Lipinski definition) is 1. The second-order valence-electron chi connectivity index (χ2n) is 5.71. The van der Waals surface area contributed by atoms with E-state index in [1.807, 2.05) is 0 Å². The molecule has 2 fully saturated rings. The zero-order chi connectivity index (χ0) is 10.5. The maximum absolute atomic E-state index is 2.76. The van der Waals surface area contributed by atoms with Gasteiger partial charge in [-0.2, -0.15) is 0 Å². The van der Waals surface area contributed by atoms with E-state index in [0.29, 0.717) is 0 Å². The summed E-state index contributed by atoms with van der Waals surface area (Å²) in [5.74, 6) is 2.10. The van der Waals surface area contributed by atoms with Crippen LogP contribution in [0.15, 0.2) is 0 Å². The van der Waals surface area contributed by atoms with Crippen LogP contribution in [0.1, 0.15) is 58.3 Å². The van der Waals surface area contributed by atoms with E-state index in [2.05, 4.69) is 11.8 Å².